The number of methoxy groups -OCH3 is 1. The standard InChI is InChI=1S/C17H27NO3/c1-4-6-7-8-9-16(17(19)21-5-2)18-14-10-12-15(20-3)13-11-14/h10-13,16,18H,4-9H2,1-3H3. The summed E-state index contributed by atoms with van der Waals surface area (Å²) >= 11 is 0. The van der Waals surface area contributed by atoms with Crippen LogP contribution in [0.25, 0.3) is 0 Å². The maximum Gasteiger partial charge on any atom is 0.328 e. The summed E-state index contributed by atoms with van der Waals surface area (Å²) < 4.78 is 10.3. The maximum atomic E-state index is 12.0. The normalized spacial score (nSPS) is 11.8. The number of carbonyl (C=O) groups is 1. The molecule has 1 aromatic rings. The summed E-state index contributed by atoms with van der Waals surface area (Å²) in [4.78, 5) is 12.0. The molecule has 0 saturated carbocycles. The first-order valence-corrected chi connectivity index (χ1v) is 7.78. The molecule has 118 valence electrons. The van der Waals surface area contributed by atoms with E-state index in [1.165, 1.54) is 12.8 Å². The topological polar surface area (TPSA) is 47.6 Å². The molecule has 0 bridgehead atoms. The zero-order valence-corrected chi connectivity index (χ0v) is 13.4. The van der Waals surface area contributed by atoms with E-state index in [1.807, 2.05) is 31.2 Å². The van der Waals surface area contributed by atoms with Crippen molar-refractivity contribution in [3.8, 4) is 5.75 Å². The smallest absolute Gasteiger partial charge is 0.328 e. The van der Waals surface area contributed by atoms with Crippen LogP contribution in [0.2, 0.25) is 0 Å². The number of nitrogens with one attached hydrogen (secondary N) is 1. The van der Waals surface area contributed by atoms with Crippen molar-refractivity contribution in [2.45, 2.75) is 52.0 Å². The molecule has 21 heavy (non-hydrogen) atoms. The number of esters is 1. The molecule has 0 aliphatic carbocycles. The van der Waals surface area contributed by atoms with Crippen molar-refractivity contribution >= 4 is 11.7 Å². The van der Waals surface area contributed by atoms with Crippen LogP contribution in [-0.4, -0.2) is 25.7 Å². The van der Waals surface area contributed by atoms with Gasteiger partial charge in [-0.3, -0.25) is 0 Å². The van der Waals surface area contributed by atoms with Gasteiger partial charge in [0.2, 0.25) is 0 Å². The lowest BCUT2D eigenvalue weighted by atomic mass is 10.1. The predicted molar refractivity (Wildman–Crippen MR) is 85.8 cm³/mol. The van der Waals surface area contributed by atoms with Gasteiger partial charge >= 0.3 is 5.97 Å². The summed E-state index contributed by atoms with van der Waals surface area (Å²) in [5.74, 6) is 0.626. The number of carbonyl (C=O) groups excluding carboxylic acids is 1. The molecule has 4 heteroatoms. The first-order valence-electron chi connectivity index (χ1n) is 7.78. The minimum absolute atomic E-state index is 0.176. The summed E-state index contributed by atoms with van der Waals surface area (Å²) in [6.45, 7) is 4.42. The number of ether oxygens (including phenoxy) is 2. The molecule has 4 nitrogen and oxygen atoms in total. The Hall–Kier alpha value is -1.71. The molecule has 1 rings (SSSR count). The van der Waals surface area contributed by atoms with Gasteiger partial charge in [-0.1, -0.05) is 32.6 Å². The van der Waals surface area contributed by atoms with Crippen molar-refractivity contribution in [2.75, 3.05) is 19.0 Å². The van der Waals surface area contributed by atoms with Crippen molar-refractivity contribution in [1.29, 1.82) is 0 Å². The largest absolute Gasteiger partial charge is 0.497 e. The minimum Gasteiger partial charge on any atom is -0.497 e. The predicted octanol–water partition coefficient (Wildman–Crippen LogP) is 4.01. The lowest BCUT2D eigenvalue weighted by Gasteiger charge is -2.18. The SMILES string of the molecule is CCCCCCC(Nc1ccc(OC)cc1)C(=O)OCC. The second kappa shape index (κ2) is 10.1. The summed E-state index contributed by atoms with van der Waals surface area (Å²) in [6, 6.07) is 7.30. The van der Waals surface area contributed by atoms with Gasteiger partial charge in [-0.15, -0.1) is 0 Å². The van der Waals surface area contributed by atoms with Gasteiger partial charge in [0.05, 0.1) is 13.7 Å². The Bertz CT molecular complexity index is 403. The Morgan fingerprint density at radius 3 is 2.43 bits per heavy atom. The second-order valence-electron chi connectivity index (χ2n) is 5.03. The van der Waals surface area contributed by atoms with Crippen LogP contribution in [0, 0.1) is 0 Å². The fourth-order valence-electron chi connectivity index (χ4n) is 2.16. The van der Waals surface area contributed by atoms with E-state index < -0.39 is 0 Å². The monoisotopic (exact) mass is 293 g/mol. The molecule has 0 radical (unpaired) electrons. The second-order valence-corrected chi connectivity index (χ2v) is 5.03. The van der Waals surface area contributed by atoms with Crippen LogP contribution in [0.5, 0.6) is 5.75 Å². The van der Waals surface area contributed by atoms with Gasteiger partial charge in [0.25, 0.3) is 0 Å². The molecule has 0 aromatic heterocycles. The van der Waals surface area contributed by atoms with E-state index in [0.29, 0.717) is 6.61 Å². The van der Waals surface area contributed by atoms with Crippen LogP contribution in [0.4, 0.5) is 5.69 Å². The zero-order chi connectivity index (χ0) is 15.5. The van der Waals surface area contributed by atoms with Gasteiger partial charge in [-0.05, 0) is 37.6 Å². The highest BCUT2D eigenvalue weighted by atomic mass is 16.5. The number of anilines is 1. The molecule has 1 atom stereocenters. The molecule has 0 saturated heterocycles. The van der Waals surface area contributed by atoms with Crippen LogP contribution in [0.3, 0.4) is 0 Å². The van der Waals surface area contributed by atoms with Crippen molar-refractivity contribution < 1.29 is 14.3 Å². The van der Waals surface area contributed by atoms with E-state index in [-0.39, 0.29) is 12.0 Å². The van der Waals surface area contributed by atoms with Gasteiger partial charge < -0.3 is 14.8 Å². The molecule has 0 aliphatic heterocycles. The van der Waals surface area contributed by atoms with Crippen LogP contribution < -0.4 is 10.1 Å². The van der Waals surface area contributed by atoms with Crippen LogP contribution in [0.15, 0.2) is 24.3 Å². The Kier molecular flexibility index (Phi) is 8.32. The van der Waals surface area contributed by atoms with Crippen LogP contribution >= 0.6 is 0 Å². The Balaban J connectivity index is 2.59. The van der Waals surface area contributed by atoms with Gasteiger partial charge in [-0.25, -0.2) is 4.79 Å². The molecule has 0 spiro atoms. The molecular formula is C17H27NO3. The fraction of sp³-hybridized carbons (Fsp3) is 0.588. The Morgan fingerprint density at radius 1 is 1.14 bits per heavy atom. The number of unbranched alkanes of at least 4 members (excludes halogenated alkanes) is 3. The van der Waals surface area contributed by atoms with Crippen molar-refractivity contribution in [2.24, 2.45) is 0 Å². The lowest BCUT2D eigenvalue weighted by molar-refractivity contribution is -0.144. The van der Waals surface area contributed by atoms with Crippen LogP contribution in [0.1, 0.15) is 46.0 Å². The number of rotatable bonds is 10. The molecule has 0 amide bonds. The zero-order valence-electron chi connectivity index (χ0n) is 13.4. The first-order chi connectivity index (χ1) is 10.2. The van der Waals surface area contributed by atoms with E-state index in [4.69, 9.17) is 9.47 Å². The van der Waals surface area contributed by atoms with Crippen LogP contribution in [-0.2, 0) is 9.53 Å². The van der Waals surface area contributed by atoms with Gasteiger partial charge in [-0.2, -0.15) is 0 Å². The van der Waals surface area contributed by atoms with Crippen molar-refractivity contribution in [3.63, 3.8) is 0 Å². The summed E-state index contributed by atoms with van der Waals surface area (Å²) in [5, 5.41) is 3.26. The molecule has 1 aromatic carbocycles. The fourth-order valence-corrected chi connectivity index (χ4v) is 2.16. The van der Waals surface area contributed by atoms with E-state index in [1.54, 1.807) is 7.11 Å². The van der Waals surface area contributed by atoms with Gasteiger partial charge in [0, 0.05) is 5.69 Å². The first kappa shape index (κ1) is 17.3. The Morgan fingerprint density at radius 2 is 1.86 bits per heavy atom. The van der Waals surface area contributed by atoms with Crippen molar-refractivity contribution in [1.82, 2.24) is 0 Å². The van der Waals surface area contributed by atoms with E-state index in [0.717, 1.165) is 30.7 Å². The maximum absolute atomic E-state index is 12.0. The molecule has 1 N–H and O–H groups in total. The lowest BCUT2D eigenvalue weighted by Crippen LogP contribution is -2.31. The van der Waals surface area contributed by atoms with Crippen molar-refractivity contribution in [3.05, 3.63) is 24.3 Å². The molecule has 0 heterocycles. The molecule has 0 aliphatic rings. The summed E-state index contributed by atoms with van der Waals surface area (Å²) in [6.07, 6.45) is 5.37. The van der Waals surface area contributed by atoms with E-state index >= 15 is 0 Å². The Labute approximate surface area is 127 Å². The number of hydrogen-bond acceptors (Lipinski definition) is 4. The number of hydrogen-bond donors (Lipinski definition) is 1. The highest BCUT2D eigenvalue weighted by molar-refractivity contribution is 5.79. The minimum atomic E-state index is -0.282. The molecule has 0 fully saturated rings. The third-order valence-electron chi connectivity index (χ3n) is 3.35. The third kappa shape index (κ3) is 6.52. The molecule has 1 unspecified atom stereocenters. The quantitative estimate of drug-likeness (QED) is 0.523. The molecular weight excluding hydrogens is 266 g/mol. The van der Waals surface area contributed by atoms with Gasteiger partial charge in [0.15, 0.2) is 0 Å². The summed E-state index contributed by atoms with van der Waals surface area (Å²) in [5.41, 5.74) is 0.907. The number of benzene rings is 1. The summed E-state index contributed by atoms with van der Waals surface area (Å²) in [7, 11) is 1.64. The third-order valence-corrected chi connectivity index (χ3v) is 3.35. The average molecular weight is 293 g/mol. The van der Waals surface area contributed by atoms with Gasteiger partial charge in [0.1, 0.15) is 11.8 Å². The van der Waals surface area contributed by atoms with E-state index in [2.05, 4.69) is 12.2 Å². The average Bonchev–Trinajstić information content (AvgIpc) is 2.51. The highest BCUT2D eigenvalue weighted by Crippen LogP contribution is 2.18. The highest BCUT2D eigenvalue weighted by Gasteiger charge is 2.19. The van der Waals surface area contributed by atoms with E-state index in [9.17, 15) is 4.79 Å².